The zero-order chi connectivity index (χ0) is 21.0. The van der Waals surface area contributed by atoms with Gasteiger partial charge in [0, 0.05) is 11.8 Å². The molecule has 0 aliphatic heterocycles. The summed E-state index contributed by atoms with van der Waals surface area (Å²) >= 11 is 0.948. The van der Waals surface area contributed by atoms with Gasteiger partial charge >= 0.3 is 0 Å². The topological polar surface area (TPSA) is 97.2 Å². The van der Waals surface area contributed by atoms with Crippen molar-refractivity contribution in [1.82, 2.24) is 15.0 Å². The highest BCUT2D eigenvalue weighted by Crippen LogP contribution is 2.29. The van der Waals surface area contributed by atoms with Crippen LogP contribution in [0.15, 0.2) is 36.1 Å². The van der Waals surface area contributed by atoms with Gasteiger partial charge in [0.05, 0.1) is 24.0 Å². The van der Waals surface area contributed by atoms with Crippen molar-refractivity contribution in [2.45, 2.75) is 25.9 Å². The number of hydrogen-bond donors (Lipinski definition) is 2. The summed E-state index contributed by atoms with van der Waals surface area (Å²) < 4.78 is 33.4. The van der Waals surface area contributed by atoms with Crippen LogP contribution in [-0.2, 0) is 0 Å². The number of aliphatic hydroxyl groups is 1. The third-order valence-electron chi connectivity index (χ3n) is 3.79. The van der Waals surface area contributed by atoms with Gasteiger partial charge in [0.1, 0.15) is 34.4 Å². The van der Waals surface area contributed by atoms with Gasteiger partial charge in [-0.15, -0.1) is 11.3 Å². The van der Waals surface area contributed by atoms with Crippen LogP contribution in [0.4, 0.5) is 14.5 Å². The van der Waals surface area contributed by atoms with E-state index in [0.29, 0.717) is 6.42 Å². The van der Waals surface area contributed by atoms with E-state index in [1.807, 2.05) is 0 Å². The number of aromatic nitrogens is 3. The minimum atomic E-state index is -0.907. The van der Waals surface area contributed by atoms with Crippen LogP contribution in [-0.4, -0.2) is 38.2 Å². The second kappa shape index (κ2) is 8.58. The first kappa shape index (κ1) is 20.7. The summed E-state index contributed by atoms with van der Waals surface area (Å²) in [6.45, 7) is 3.48. The third-order valence-corrected chi connectivity index (χ3v) is 4.65. The van der Waals surface area contributed by atoms with E-state index in [9.17, 15) is 18.7 Å². The first-order valence-corrected chi connectivity index (χ1v) is 9.49. The first-order valence-electron chi connectivity index (χ1n) is 8.61. The van der Waals surface area contributed by atoms with Crippen LogP contribution in [0.2, 0.25) is 0 Å². The summed E-state index contributed by atoms with van der Waals surface area (Å²) in [6.07, 6.45) is 2.97. The number of amides is 1. The van der Waals surface area contributed by atoms with Crippen molar-refractivity contribution in [3.8, 4) is 16.5 Å². The van der Waals surface area contributed by atoms with E-state index in [0.717, 1.165) is 23.5 Å². The number of anilines is 1. The molecule has 0 spiro atoms. The van der Waals surface area contributed by atoms with Crippen LogP contribution in [0.25, 0.3) is 10.6 Å². The number of nitrogens with zero attached hydrogens (tertiary/aromatic N) is 3. The minimum Gasteiger partial charge on any atom is -0.476 e. The van der Waals surface area contributed by atoms with Crippen molar-refractivity contribution in [2.75, 3.05) is 11.9 Å². The van der Waals surface area contributed by atoms with E-state index in [-0.39, 0.29) is 34.4 Å². The highest BCUT2D eigenvalue weighted by molar-refractivity contribution is 7.13. The van der Waals surface area contributed by atoms with Crippen LogP contribution in [0.3, 0.4) is 0 Å². The van der Waals surface area contributed by atoms with Crippen molar-refractivity contribution in [2.24, 2.45) is 0 Å². The number of ether oxygens (including phenoxy) is 1. The molecule has 0 unspecified atom stereocenters. The van der Waals surface area contributed by atoms with Gasteiger partial charge in [-0.2, -0.15) is 4.98 Å². The van der Waals surface area contributed by atoms with Crippen molar-refractivity contribution in [3.05, 3.63) is 53.4 Å². The maximum atomic E-state index is 13.9. The second-order valence-electron chi connectivity index (χ2n) is 6.74. The second-order valence-corrected chi connectivity index (χ2v) is 7.60. The third kappa shape index (κ3) is 5.30. The molecule has 0 radical (unpaired) electrons. The minimum absolute atomic E-state index is 0.0149. The fourth-order valence-corrected chi connectivity index (χ4v) is 3.14. The summed E-state index contributed by atoms with van der Waals surface area (Å²) in [6, 6.07) is 3.50. The number of thiazole rings is 1. The molecule has 0 saturated carbocycles. The van der Waals surface area contributed by atoms with Crippen LogP contribution in [0, 0.1) is 11.6 Å². The van der Waals surface area contributed by atoms with Gasteiger partial charge in [0.2, 0.25) is 5.88 Å². The Morgan fingerprint density at radius 1 is 1.31 bits per heavy atom. The Morgan fingerprint density at radius 2 is 2.03 bits per heavy atom. The molecule has 0 aliphatic carbocycles. The van der Waals surface area contributed by atoms with Gasteiger partial charge in [-0.05, 0) is 26.0 Å². The van der Waals surface area contributed by atoms with Crippen molar-refractivity contribution < 1.29 is 23.4 Å². The smallest absolute Gasteiger partial charge is 0.275 e. The Bertz CT molecular complexity index is 1000. The molecule has 7 nitrogen and oxygen atoms in total. The normalized spacial score (nSPS) is 11.3. The van der Waals surface area contributed by atoms with Crippen molar-refractivity contribution >= 4 is 22.9 Å². The molecule has 2 heterocycles. The largest absolute Gasteiger partial charge is 0.476 e. The number of carbonyl (C=O) groups is 1. The molecule has 1 aromatic carbocycles. The Kier molecular flexibility index (Phi) is 6.14. The average molecular weight is 420 g/mol. The predicted molar refractivity (Wildman–Crippen MR) is 104 cm³/mol. The average Bonchev–Trinajstić information content (AvgIpc) is 3.12. The molecule has 0 fully saturated rings. The molecule has 1 amide bonds. The van der Waals surface area contributed by atoms with E-state index in [4.69, 9.17) is 4.74 Å². The van der Waals surface area contributed by atoms with Gasteiger partial charge < -0.3 is 15.2 Å². The standard InChI is InChI=1S/C19H18F2N4O3S/c1-19(2,27)6-7-28-17-13(8-22-10-23-17)24-16(26)14-9-29-18(25-14)15-11(20)4-3-5-12(15)21/h3-5,8-10,27H,6-7H2,1-2H3,(H,24,26). The van der Waals surface area contributed by atoms with E-state index in [1.165, 1.54) is 24.0 Å². The lowest BCUT2D eigenvalue weighted by atomic mass is 10.1. The van der Waals surface area contributed by atoms with E-state index in [1.54, 1.807) is 13.8 Å². The van der Waals surface area contributed by atoms with Crippen molar-refractivity contribution in [3.63, 3.8) is 0 Å². The van der Waals surface area contributed by atoms with E-state index >= 15 is 0 Å². The molecule has 29 heavy (non-hydrogen) atoms. The van der Waals surface area contributed by atoms with Crippen LogP contribution in [0.5, 0.6) is 5.88 Å². The summed E-state index contributed by atoms with van der Waals surface area (Å²) in [5.74, 6) is -1.99. The monoisotopic (exact) mass is 420 g/mol. The number of benzene rings is 1. The molecule has 0 saturated heterocycles. The SMILES string of the molecule is CC(C)(O)CCOc1ncncc1NC(=O)c1csc(-c2c(F)cccc2F)n1. The predicted octanol–water partition coefficient (Wildman–Crippen LogP) is 3.67. The number of nitrogens with one attached hydrogen (secondary N) is 1. The van der Waals surface area contributed by atoms with Gasteiger partial charge in [0.15, 0.2) is 0 Å². The van der Waals surface area contributed by atoms with E-state index < -0.39 is 23.1 Å². The Balaban J connectivity index is 1.74. The zero-order valence-electron chi connectivity index (χ0n) is 15.6. The lowest BCUT2D eigenvalue weighted by Gasteiger charge is -2.17. The molecule has 2 aromatic heterocycles. The zero-order valence-corrected chi connectivity index (χ0v) is 16.5. The van der Waals surface area contributed by atoms with E-state index in [2.05, 4.69) is 20.3 Å². The van der Waals surface area contributed by atoms with Gasteiger partial charge in [-0.25, -0.2) is 18.7 Å². The fourth-order valence-electron chi connectivity index (χ4n) is 2.30. The molecule has 0 aliphatic rings. The maximum Gasteiger partial charge on any atom is 0.275 e. The molecule has 0 bridgehead atoms. The molecule has 152 valence electrons. The Hall–Kier alpha value is -2.98. The number of hydrogen-bond acceptors (Lipinski definition) is 7. The van der Waals surface area contributed by atoms with Gasteiger partial charge in [-0.1, -0.05) is 6.07 Å². The van der Waals surface area contributed by atoms with Crippen molar-refractivity contribution in [1.29, 1.82) is 0 Å². The number of halogens is 2. The van der Waals surface area contributed by atoms with Crippen LogP contribution in [0.1, 0.15) is 30.8 Å². The Morgan fingerprint density at radius 3 is 2.72 bits per heavy atom. The summed E-state index contributed by atoms with van der Waals surface area (Å²) in [4.78, 5) is 24.4. The van der Waals surface area contributed by atoms with Crippen LogP contribution >= 0.6 is 11.3 Å². The molecular formula is C19H18F2N4O3S. The Labute approximate surface area is 169 Å². The lowest BCUT2D eigenvalue weighted by Crippen LogP contribution is -2.22. The highest BCUT2D eigenvalue weighted by atomic mass is 32.1. The molecule has 0 atom stereocenters. The molecule has 2 N–H and O–H groups in total. The number of rotatable bonds is 7. The lowest BCUT2D eigenvalue weighted by molar-refractivity contribution is 0.0547. The molecule has 3 aromatic rings. The summed E-state index contributed by atoms with van der Waals surface area (Å²) in [5, 5.41) is 13.8. The van der Waals surface area contributed by atoms with Gasteiger partial charge in [0.25, 0.3) is 5.91 Å². The highest BCUT2D eigenvalue weighted by Gasteiger charge is 2.19. The summed E-state index contributed by atoms with van der Waals surface area (Å²) in [7, 11) is 0. The fraction of sp³-hybridized carbons (Fsp3) is 0.263. The summed E-state index contributed by atoms with van der Waals surface area (Å²) in [5.41, 5.74) is -0.996. The first-order chi connectivity index (χ1) is 13.7. The van der Waals surface area contributed by atoms with Crippen LogP contribution < -0.4 is 10.1 Å². The van der Waals surface area contributed by atoms with Gasteiger partial charge in [-0.3, -0.25) is 4.79 Å². The maximum absolute atomic E-state index is 13.9. The number of carbonyl (C=O) groups excluding carboxylic acids is 1. The quantitative estimate of drug-likeness (QED) is 0.605. The molecule has 10 heteroatoms. The molecule has 3 rings (SSSR count). The molecular weight excluding hydrogens is 402 g/mol.